The predicted octanol–water partition coefficient (Wildman–Crippen LogP) is 4.53. The van der Waals surface area contributed by atoms with Crippen molar-refractivity contribution in [2.75, 3.05) is 20.2 Å². The molecule has 1 saturated heterocycles. The van der Waals surface area contributed by atoms with Gasteiger partial charge in [-0.1, -0.05) is 12.1 Å². The van der Waals surface area contributed by atoms with Gasteiger partial charge in [0.1, 0.15) is 0 Å². The van der Waals surface area contributed by atoms with Crippen molar-refractivity contribution in [1.29, 1.82) is 0 Å². The summed E-state index contributed by atoms with van der Waals surface area (Å²) >= 11 is 2.42. The Morgan fingerprint density at radius 2 is 2.06 bits per heavy atom. The molecule has 0 aliphatic carbocycles. The lowest BCUT2D eigenvalue weighted by molar-refractivity contribution is -0.124. The van der Waals surface area contributed by atoms with Gasteiger partial charge in [0.05, 0.1) is 12.0 Å². The van der Waals surface area contributed by atoms with Gasteiger partial charge in [-0.2, -0.15) is 8.78 Å². The van der Waals surface area contributed by atoms with E-state index in [1.807, 2.05) is 17.5 Å². The van der Waals surface area contributed by atoms with Crippen LogP contribution in [0.3, 0.4) is 0 Å². The Bertz CT molecular complexity index is 1030. The van der Waals surface area contributed by atoms with E-state index in [0.29, 0.717) is 12.0 Å². The lowest BCUT2D eigenvalue weighted by Crippen LogP contribution is -2.37. The van der Waals surface area contributed by atoms with Crippen molar-refractivity contribution in [2.24, 2.45) is 0 Å². The van der Waals surface area contributed by atoms with Crippen molar-refractivity contribution >= 4 is 46.2 Å². The van der Waals surface area contributed by atoms with E-state index >= 15 is 0 Å². The quantitative estimate of drug-likeness (QED) is 0.460. The molecule has 0 unspecified atom stereocenters. The zero-order valence-electron chi connectivity index (χ0n) is 17.7. The molecule has 7 nitrogen and oxygen atoms in total. The number of thioether (sulfide) groups is 1. The van der Waals surface area contributed by atoms with E-state index in [1.54, 1.807) is 11.3 Å². The first kappa shape index (κ1) is 24.7. The van der Waals surface area contributed by atoms with Crippen molar-refractivity contribution in [3.63, 3.8) is 0 Å². The summed E-state index contributed by atoms with van der Waals surface area (Å²) in [4.78, 5) is 39.3. The zero-order valence-corrected chi connectivity index (χ0v) is 19.3. The molecule has 1 aromatic carbocycles. The Labute approximate surface area is 197 Å². The average Bonchev–Trinajstić information content (AvgIpc) is 3.38. The average molecular weight is 497 g/mol. The number of thiophene rings is 1. The summed E-state index contributed by atoms with van der Waals surface area (Å²) in [6.07, 6.45) is 3.40. The topological polar surface area (TPSA) is 84.9 Å². The fourth-order valence-corrected chi connectivity index (χ4v) is 4.70. The summed E-state index contributed by atoms with van der Waals surface area (Å²) in [5.74, 6) is -0.676. The first-order valence-electron chi connectivity index (χ1n) is 10.0. The second kappa shape index (κ2) is 11.8. The van der Waals surface area contributed by atoms with Crippen LogP contribution in [0.5, 0.6) is 11.5 Å². The Morgan fingerprint density at radius 1 is 1.24 bits per heavy atom. The van der Waals surface area contributed by atoms with E-state index in [2.05, 4.69) is 10.1 Å². The molecule has 0 spiro atoms. The van der Waals surface area contributed by atoms with E-state index in [4.69, 9.17) is 4.74 Å². The molecule has 2 aromatic rings. The third kappa shape index (κ3) is 7.03. The summed E-state index contributed by atoms with van der Waals surface area (Å²) in [5, 5.41) is 4.28. The maximum atomic E-state index is 12.6. The van der Waals surface area contributed by atoms with Crippen LogP contribution < -0.4 is 14.8 Å². The van der Waals surface area contributed by atoms with Gasteiger partial charge in [0.25, 0.3) is 11.1 Å². The number of ether oxygens (including phenoxy) is 2. The van der Waals surface area contributed by atoms with Crippen molar-refractivity contribution in [3.8, 4) is 11.5 Å². The number of nitrogens with zero attached hydrogens (tertiary/aromatic N) is 1. The Hall–Kier alpha value is -2.92. The van der Waals surface area contributed by atoms with Crippen molar-refractivity contribution in [1.82, 2.24) is 10.2 Å². The number of methoxy groups -OCH3 is 1. The first-order chi connectivity index (χ1) is 15.9. The van der Waals surface area contributed by atoms with E-state index in [9.17, 15) is 23.2 Å². The molecule has 2 heterocycles. The third-order valence-electron chi connectivity index (χ3n) is 4.64. The van der Waals surface area contributed by atoms with E-state index < -0.39 is 17.8 Å². The van der Waals surface area contributed by atoms with Crippen LogP contribution in [0.1, 0.15) is 23.3 Å². The molecule has 1 fully saturated rings. The SMILES string of the molecule is COc1cc(/C=C2\SC(=O)N(CCNC(=O)CCCc3cccs3)C2=O)ccc1OC(F)F. The number of hydrogen-bond acceptors (Lipinski definition) is 7. The number of hydrogen-bond donors (Lipinski definition) is 1. The molecular weight excluding hydrogens is 474 g/mol. The smallest absolute Gasteiger partial charge is 0.387 e. The number of alkyl halides is 2. The van der Waals surface area contributed by atoms with Gasteiger partial charge in [0, 0.05) is 24.4 Å². The molecule has 0 atom stereocenters. The molecular formula is C22H22F2N2O5S2. The number of halogens is 2. The molecule has 1 N–H and O–H groups in total. The zero-order chi connectivity index (χ0) is 23.8. The summed E-state index contributed by atoms with van der Waals surface area (Å²) in [7, 11) is 1.31. The number of carbonyl (C=O) groups excluding carboxylic acids is 3. The molecule has 3 amide bonds. The molecule has 0 saturated carbocycles. The van der Waals surface area contributed by atoms with Crippen LogP contribution >= 0.6 is 23.1 Å². The molecule has 11 heteroatoms. The van der Waals surface area contributed by atoms with Gasteiger partial charge in [-0.25, -0.2) is 0 Å². The third-order valence-corrected chi connectivity index (χ3v) is 6.48. The molecule has 0 bridgehead atoms. The van der Waals surface area contributed by atoms with Crippen LogP contribution in [0.2, 0.25) is 0 Å². The number of benzene rings is 1. The Balaban J connectivity index is 1.51. The summed E-state index contributed by atoms with van der Waals surface area (Å²) in [6.45, 7) is -2.78. The second-order valence-corrected chi connectivity index (χ2v) is 8.93. The number of carbonyl (C=O) groups is 3. The number of aryl methyl sites for hydroxylation is 1. The van der Waals surface area contributed by atoms with E-state index in [1.165, 1.54) is 36.3 Å². The minimum absolute atomic E-state index is 0.0587. The molecule has 1 aromatic heterocycles. The van der Waals surface area contributed by atoms with Gasteiger partial charge >= 0.3 is 6.61 Å². The first-order valence-corrected chi connectivity index (χ1v) is 11.7. The fourth-order valence-electron chi connectivity index (χ4n) is 3.08. The van der Waals surface area contributed by atoms with Crippen molar-refractivity contribution < 1.29 is 32.6 Å². The largest absolute Gasteiger partial charge is 0.493 e. The maximum Gasteiger partial charge on any atom is 0.387 e. The van der Waals surface area contributed by atoms with Gasteiger partial charge in [-0.3, -0.25) is 19.3 Å². The minimum atomic E-state index is -3.00. The summed E-state index contributed by atoms with van der Waals surface area (Å²) < 4.78 is 34.4. The van der Waals surface area contributed by atoms with E-state index in [-0.39, 0.29) is 35.4 Å². The predicted molar refractivity (Wildman–Crippen MR) is 123 cm³/mol. The van der Waals surface area contributed by atoms with Crippen LogP contribution in [0, 0.1) is 0 Å². The number of imide groups is 1. The molecule has 0 radical (unpaired) electrons. The van der Waals surface area contributed by atoms with Gasteiger partial charge in [-0.05, 0) is 59.8 Å². The molecule has 1 aliphatic rings. The lowest BCUT2D eigenvalue weighted by Gasteiger charge is -2.13. The normalized spacial score (nSPS) is 14.9. The van der Waals surface area contributed by atoms with Gasteiger partial charge in [-0.15, -0.1) is 11.3 Å². The van der Waals surface area contributed by atoms with Gasteiger partial charge in [0.2, 0.25) is 5.91 Å². The number of amides is 3. The van der Waals surface area contributed by atoms with E-state index in [0.717, 1.165) is 29.5 Å². The minimum Gasteiger partial charge on any atom is -0.493 e. The highest BCUT2D eigenvalue weighted by Crippen LogP contribution is 2.34. The lowest BCUT2D eigenvalue weighted by atomic mass is 10.2. The summed E-state index contributed by atoms with van der Waals surface area (Å²) in [5.41, 5.74) is 0.484. The van der Waals surface area contributed by atoms with Crippen LogP contribution in [-0.2, 0) is 16.0 Å². The molecule has 3 rings (SSSR count). The highest BCUT2D eigenvalue weighted by Gasteiger charge is 2.34. The maximum absolute atomic E-state index is 12.6. The summed E-state index contributed by atoms with van der Waals surface area (Å²) in [6, 6.07) is 8.21. The van der Waals surface area contributed by atoms with Gasteiger partial charge in [0.15, 0.2) is 11.5 Å². The fraction of sp³-hybridized carbons (Fsp3) is 0.318. The molecule has 33 heavy (non-hydrogen) atoms. The Morgan fingerprint density at radius 3 is 2.76 bits per heavy atom. The standard InChI is InChI=1S/C22H22F2N2O5S2/c1-30-17-12-14(7-8-16(17)31-21(23)24)13-18-20(28)26(22(29)33-18)10-9-25-19(27)6-2-4-15-5-3-11-32-15/h3,5,7-8,11-13,21H,2,4,6,9-10H2,1H3,(H,25,27)/b18-13-. The van der Waals surface area contributed by atoms with Crippen LogP contribution in [0.15, 0.2) is 40.6 Å². The van der Waals surface area contributed by atoms with Crippen molar-refractivity contribution in [2.45, 2.75) is 25.9 Å². The molecule has 1 aliphatic heterocycles. The van der Waals surface area contributed by atoms with Crippen LogP contribution in [0.25, 0.3) is 6.08 Å². The Kier molecular flexibility index (Phi) is 8.84. The van der Waals surface area contributed by atoms with Crippen molar-refractivity contribution in [3.05, 3.63) is 51.1 Å². The second-order valence-electron chi connectivity index (χ2n) is 6.91. The van der Waals surface area contributed by atoms with Crippen LogP contribution in [-0.4, -0.2) is 48.8 Å². The monoisotopic (exact) mass is 496 g/mol. The van der Waals surface area contributed by atoms with Gasteiger partial charge < -0.3 is 14.8 Å². The van der Waals surface area contributed by atoms with Crippen LogP contribution in [0.4, 0.5) is 13.6 Å². The highest BCUT2D eigenvalue weighted by molar-refractivity contribution is 8.18. The molecule has 176 valence electrons. The number of nitrogens with one attached hydrogen (secondary N) is 1. The number of rotatable bonds is 11. The highest BCUT2D eigenvalue weighted by atomic mass is 32.2.